The van der Waals surface area contributed by atoms with E-state index >= 15 is 0 Å². The van der Waals surface area contributed by atoms with Crippen LogP contribution in [0, 0.1) is 6.92 Å². The van der Waals surface area contributed by atoms with Gasteiger partial charge in [-0.25, -0.2) is 13.6 Å². The highest BCUT2D eigenvalue weighted by Gasteiger charge is 2.09. The van der Waals surface area contributed by atoms with Crippen LogP contribution in [0.3, 0.4) is 0 Å². The Labute approximate surface area is 104 Å². The second-order valence-electron chi connectivity index (χ2n) is 3.75. The van der Waals surface area contributed by atoms with Crippen molar-refractivity contribution in [1.29, 1.82) is 0 Å². The number of carboxylic acids is 1. The van der Waals surface area contributed by atoms with Gasteiger partial charge in [0, 0.05) is 12.2 Å². The first-order valence-corrected chi connectivity index (χ1v) is 5.44. The number of hydrogen-bond acceptors (Lipinski definition) is 3. The van der Waals surface area contributed by atoms with Crippen LogP contribution in [-0.4, -0.2) is 37.3 Å². The summed E-state index contributed by atoms with van der Waals surface area (Å²) in [4.78, 5) is 10.9. The number of ether oxygens (including phenoxy) is 1. The van der Waals surface area contributed by atoms with Crippen molar-refractivity contribution in [3.8, 4) is 0 Å². The second-order valence-corrected chi connectivity index (χ2v) is 3.75. The summed E-state index contributed by atoms with van der Waals surface area (Å²) in [5.74, 6) is -1.04. The van der Waals surface area contributed by atoms with Gasteiger partial charge in [-0.05, 0) is 24.6 Å². The van der Waals surface area contributed by atoms with E-state index in [0.717, 1.165) is 5.56 Å². The van der Waals surface area contributed by atoms with Gasteiger partial charge in [-0.1, -0.05) is 6.07 Å². The van der Waals surface area contributed by atoms with Gasteiger partial charge >= 0.3 is 5.97 Å². The quantitative estimate of drug-likeness (QED) is 0.738. The molecule has 0 bridgehead atoms. The summed E-state index contributed by atoms with van der Waals surface area (Å²) in [5, 5.41) is 11.8. The Morgan fingerprint density at radius 3 is 2.83 bits per heavy atom. The van der Waals surface area contributed by atoms with E-state index in [1.807, 2.05) is 6.92 Å². The van der Waals surface area contributed by atoms with Crippen LogP contribution in [0.15, 0.2) is 18.2 Å². The van der Waals surface area contributed by atoms with E-state index in [9.17, 15) is 13.6 Å². The van der Waals surface area contributed by atoms with Gasteiger partial charge < -0.3 is 15.2 Å². The SMILES string of the molecule is Cc1ccc(C(=O)O)c(NCCOCC(F)F)c1. The molecule has 2 N–H and O–H groups in total. The third-order valence-corrected chi connectivity index (χ3v) is 2.21. The average molecular weight is 259 g/mol. The number of aromatic carboxylic acids is 1. The monoisotopic (exact) mass is 259 g/mol. The zero-order chi connectivity index (χ0) is 13.5. The highest BCUT2D eigenvalue weighted by atomic mass is 19.3. The molecule has 18 heavy (non-hydrogen) atoms. The number of alkyl halides is 2. The summed E-state index contributed by atoms with van der Waals surface area (Å²) in [5.41, 5.74) is 1.52. The number of nitrogens with one attached hydrogen (secondary N) is 1. The van der Waals surface area contributed by atoms with Crippen LogP contribution >= 0.6 is 0 Å². The van der Waals surface area contributed by atoms with E-state index in [-0.39, 0.29) is 18.7 Å². The molecule has 6 heteroatoms. The van der Waals surface area contributed by atoms with Crippen LogP contribution in [0.4, 0.5) is 14.5 Å². The van der Waals surface area contributed by atoms with Crippen molar-refractivity contribution in [2.75, 3.05) is 25.1 Å². The third-order valence-electron chi connectivity index (χ3n) is 2.21. The lowest BCUT2D eigenvalue weighted by Gasteiger charge is -2.10. The first-order chi connectivity index (χ1) is 8.50. The maximum Gasteiger partial charge on any atom is 0.337 e. The second kappa shape index (κ2) is 6.90. The number of aryl methyl sites for hydroxylation is 1. The van der Waals surface area contributed by atoms with E-state index in [2.05, 4.69) is 10.1 Å². The standard InChI is InChI=1S/C12H15F2NO3/c1-8-2-3-9(12(16)17)10(6-8)15-4-5-18-7-11(13)14/h2-3,6,11,15H,4-5,7H2,1H3,(H,16,17). The number of benzene rings is 1. The number of halogens is 2. The van der Waals surface area contributed by atoms with Crippen molar-refractivity contribution >= 4 is 11.7 Å². The van der Waals surface area contributed by atoms with Gasteiger partial charge in [-0.3, -0.25) is 0 Å². The Morgan fingerprint density at radius 1 is 1.50 bits per heavy atom. The molecule has 0 aliphatic rings. The Balaban J connectivity index is 2.50. The lowest BCUT2D eigenvalue weighted by molar-refractivity contribution is 0.0215. The van der Waals surface area contributed by atoms with Gasteiger partial charge in [0.05, 0.1) is 12.2 Å². The number of hydrogen-bond donors (Lipinski definition) is 2. The number of carboxylic acid groups (broad SMARTS) is 1. The first-order valence-electron chi connectivity index (χ1n) is 5.44. The van der Waals surface area contributed by atoms with E-state index in [1.165, 1.54) is 6.07 Å². The normalized spacial score (nSPS) is 10.7. The van der Waals surface area contributed by atoms with Gasteiger partial charge in [0.2, 0.25) is 0 Å². The van der Waals surface area contributed by atoms with Crippen LogP contribution in [-0.2, 0) is 4.74 Å². The third kappa shape index (κ3) is 4.67. The zero-order valence-electron chi connectivity index (χ0n) is 9.95. The first kappa shape index (κ1) is 14.4. The minimum Gasteiger partial charge on any atom is -0.478 e. The molecule has 0 aliphatic heterocycles. The van der Waals surface area contributed by atoms with Crippen molar-refractivity contribution in [3.63, 3.8) is 0 Å². The lowest BCUT2D eigenvalue weighted by atomic mass is 10.1. The minimum absolute atomic E-state index is 0.0946. The number of rotatable bonds is 7. The molecule has 0 radical (unpaired) electrons. The smallest absolute Gasteiger partial charge is 0.337 e. The van der Waals surface area contributed by atoms with Crippen molar-refractivity contribution in [2.24, 2.45) is 0 Å². The van der Waals surface area contributed by atoms with Gasteiger partial charge in [0.15, 0.2) is 0 Å². The Bertz CT molecular complexity index is 410. The topological polar surface area (TPSA) is 58.6 Å². The largest absolute Gasteiger partial charge is 0.478 e. The van der Waals surface area contributed by atoms with E-state index in [4.69, 9.17) is 5.11 Å². The Hall–Kier alpha value is -1.69. The summed E-state index contributed by atoms with van der Waals surface area (Å²) in [6.07, 6.45) is -2.49. The molecule has 100 valence electrons. The minimum atomic E-state index is -2.49. The summed E-state index contributed by atoms with van der Waals surface area (Å²) in [6.45, 7) is 1.60. The molecule has 1 rings (SSSR count). The molecule has 0 aliphatic carbocycles. The number of carbonyl (C=O) groups is 1. The molecule has 0 heterocycles. The Kier molecular flexibility index (Phi) is 5.51. The molecule has 0 saturated carbocycles. The molecule has 0 fully saturated rings. The average Bonchev–Trinajstić information content (AvgIpc) is 2.27. The molecule has 0 unspecified atom stereocenters. The van der Waals surface area contributed by atoms with Crippen LogP contribution in [0.5, 0.6) is 0 Å². The highest BCUT2D eigenvalue weighted by Crippen LogP contribution is 2.17. The van der Waals surface area contributed by atoms with E-state index in [0.29, 0.717) is 5.69 Å². The maximum atomic E-state index is 11.8. The van der Waals surface area contributed by atoms with Crippen molar-refractivity contribution in [1.82, 2.24) is 0 Å². The maximum absolute atomic E-state index is 11.8. The van der Waals surface area contributed by atoms with Crippen molar-refractivity contribution in [2.45, 2.75) is 13.3 Å². The molecule has 1 aromatic rings. The van der Waals surface area contributed by atoms with Crippen LogP contribution < -0.4 is 5.32 Å². The lowest BCUT2D eigenvalue weighted by Crippen LogP contribution is -2.15. The molecule has 0 saturated heterocycles. The fourth-order valence-electron chi connectivity index (χ4n) is 1.42. The van der Waals surface area contributed by atoms with E-state index < -0.39 is 19.0 Å². The van der Waals surface area contributed by atoms with E-state index in [1.54, 1.807) is 12.1 Å². The fraction of sp³-hybridized carbons (Fsp3) is 0.417. The summed E-state index contributed by atoms with van der Waals surface area (Å²) < 4.78 is 28.3. The van der Waals surface area contributed by atoms with Gasteiger partial charge in [0.1, 0.15) is 6.61 Å². The van der Waals surface area contributed by atoms with Gasteiger partial charge in [-0.15, -0.1) is 0 Å². The summed E-state index contributed by atoms with van der Waals surface area (Å²) >= 11 is 0. The summed E-state index contributed by atoms with van der Waals surface area (Å²) in [6, 6.07) is 4.89. The van der Waals surface area contributed by atoms with Crippen LogP contribution in [0.1, 0.15) is 15.9 Å². The van der Waals surface area contributed by atoms with Crippen LogP contribution in [0.2, 0.25) is 0 Å². The molecular formula is C12H15F2NO3. The van der Waals surface area contributed by atoms with Crippen molar-refractivity contribution < 1.29 is 23.4 Å². The summed E-state index contributed by atoms with van der Waals surface area (Å²) in [7, 11) is 0. The van der Waals surface area contributed by atoms with Gasteiger partial charge in [-0.2, -0.15) is 0 Å². The molecule has 0 amide bonds. The fourth-order valence-corrected chi connectivity index (χ4v) is 1.42. The number of anilines is 1. The van der Waals surface area contributed by atoms with Crippen molar-refractivity contribution in [3.05, 3.63) is 29.3 Å². The molecular weight excluding hydrogens is 244 g/mol. The molecule has 0 aromatic heterocycles. The predicted octanol–water partition coefficient (Wildman–Crippen LogP) is 2.39. The van der Waals surface area contributed by atoms with Crippen LogP contribution in [0.25, 0.3) is 0 Å². The molecule has 0 atom stereocenters. The predicted molar refractivity (Wildman–Crippen MR) is 63.5 cm³/mol. The zero-order valence-corrected chi connectivity index (χ0v) is 9.95. The molecule has 4 nitrogen and oxygen atoms in total. The molecule has 0 spiro atoms. The molecule has 1 aromatic carbocycles. The Morgan fingerprint density at radius 2 is 2.22 bits per heavy atom. The van der Waals surface area contributed by atoms with Gasteiger partial charge in [0.25, 0.3) is 6.43 Å². The highest BCUT2D eigenvalue weighted by molar-refractivity contribution is 5.94.